The molecule has 0 unspecified atom stereocenters. The summed E-state index contributed by atoms with van der Waals surface area (Å²) in [6.07, 6.45) is 3.52. The molecule has 0 aromatic carbocycles. The lowest BCUT2D eigenvalue weighted by Crippen LogP contribution is -2.61. The minimum absolute atomic E-state index is 0.166. The molecule has 5 nitrogen and oxygen atoms in total. The second-order valence-electron chi connectivity index (χ2n) is 7.84. The van der Waals surface area contributed by atoms with Crippen LogP contribution in [0.3, 0.4) is 0 Å². The number of piperazine rings is 1. The van der Waals surface area contributed by atoms with Gasteiger partial charge in [0.05, 0.1) is 0 Å². The molecule has 2 fully saturated rings. The zero-order valence-corrected chi connectivity index (χ0v) is 15.0. The molecule has 2 aliphatic heterocycles. The summed E-state index contributed by atoms with van der Waals surface area (Å²) in [7, 11) is 2.21. The molecule has 2 heterocycles. The molecular formula is C17H33N3O2. The highest BCUT2D eigenvalue weighted by atomic mass is 16.6. The average Bonchev–Trinajstić information content (AvgIpc) is 2.47. The summed E-state index contributed by atoms with van der Waals surface area (Å²) in [5.41, 5.74) is -0.0701. The van der Waals surface area contributed by atoms with E-state index in [2.05, 4.69) is 23.8 Å². The average molecular weight is 311 g/mol. The van der Waals surface area contributed by atoms with Crippen molar-refractivity contribution in [3.63, 3.8) is 0 Å². The van der Waals surface area contributed by atoms with Gasteiger partial charge in [-0.15, -0.1) is 0 Å². The number of hydrogen-bond acceptors (Lipinski definition) is 4. The van der Waals surface area contributed by atoms with Crippen LogP contribution in [0.2, 0.25) is 0 Å². The van der Waals surface area contributed by atoms with Crippen LogP contribution in [0.15, 0.2) is 0 Å². The van der Waals surface area contributed by atoms with Crippen LogP contribution in [0.4, 0.5) is 4.79 Å². The van der Waals surface area contributed by atoms with Crippen LogP contribution in [-0.4, -0.2) is 78.2 Å². The van der Waals surface area contributed by atoms with Crippen molar-refractivity contribution in [1.82, 2.24) is 14.7 Å². The van der Waals surface area contributed by atoms with Crippen molar-refractivity contribution in [1.29, 1.82) is 0 Å². The van der Waals surface area contributed by atoms with E-state index in [1.54, 1.807) is 0 Å². The summed E-state index contributed by atoms with van der Waals surface area (Å²) >= 11 is 0. The standard InChI is InChI=1S/C17H33N3O2/c1-6-17(7-9-18(5)10-8-17)20-13-11-19(12-14-20)15(21)22-16(2,3)4/h6-14H2,1-5H3. The highest BCUT2D eigenvalue weighted by Gasteiger charge is 2.39. The normalized spacial score (nSPS) is 24.3. The van der Waals surface area contributed by atoms with Gasteiger partial charge < -0.3 is 14.5 Å². The first-order chi connectivity index (χ1) is 10.3. The molecule has 0 aromatic rings. The van der Waals surface area contributed by atoms with Crippen molar-refractivity contribution in [3.8, 4) is 0 Å². The third kappa shape index (κ3) is 4.13. The van der Waals surface area contributed by atoms with E-state index in [4.69, 9.17) is 4.74 Å². The van der Waals surface area contributed by atoms with Gasteiger partial charge in [0.2, 0.25) is 0 Å². The number of hydrogen-bond donors (Lipinski definition) is 0. The summed E-state index contributed by atoms with van der Waals surface area (Å²) in [5.74, 6) is 0. The maximum Gasteiger partial charge on any atom is 0.410 e. The van der Waals surface area contributed by atoms with E-state index in [1.807, 2.05) is 25.7 Å². The molecule has 0 bridgehead atoms. The van der Waals surface area contributed by atoms with E-state index in [0.717, 1.165) is 26.2 Å². The number of carbonyl (C=O) groups excluding carboxylic acids is 1. The Morgan fingerprint density at radius 1 is 1.05 bits per heavy atom. The molecule has 0 atom stereocenters. The fourth-order valence-electron chi connectivity index (χ4n) is 3.62. The monoisotopic (exact) mass is 311 g/mol. The molecular weight excluding hydrogens is 278 g/mol. The van der Waals surface area contributed by atoms with Gasteiger partial charge in [0.1, 0.15) is 5.60 Å². The molecule has 1 amide bonds. The summed E-state index contributed by atoms with van der Waals surface area (Å²) < 4.78 is 5.49. The molecule has 22 heavy (non-hydrogen) atoms. The number of ether oxygens (including phenoxy) is 1. The van der Waals surface area contributed by atoms with E-state index >= 15 is 0 Å². The lowest BCUT2D eigenvalue weighted by atomic mass is 9.83. The molecule has 2 saturated heterocycles. The first-order valence-electron chi connectivity index (χ1n) is 8.67. The van der Waals surface area contributed by atoms with Gasteiger partial charge in [-0.25, -0.2) is 4.79 Å². The quantitative estimate of drug-likeness (QED) is 0.785. The van der Waals surface area contributed by atoms with Crippen LogP contribution in [0.5, 0.6) is 0 Å². The Bertz CT molecular complexity index is 376. The van der Waals surface area contributed by atoms with Gasteiger partial charge in [0.25, 0.3) is 0 Å². The Morgan fingerprint density at radius 2 is 1.59 bits per heavy atom. The van der Waals surface area contributed by atoms with E-state index in [1.165, 1.54) is 32.4 Å². The zero-order valence-electron chi connectivity index (χ0n) is 15.0. The van der Waals surface area contributed by atoms with Gasteiger partial charge in [-0.2, -0.15) is 0 Å². The van der Waals surface area contributed by atoms with E-state index in [0.29, 0.717) is 5.54 Å². The van der Waals surface area contributed by atoms with Gasteiger partial charge >= 0.3 is 6.09 Å². The molecule has 128 valence electrons. The topological polar surface area (TPSA) is 36.0 Å². The number of rotatable bonds is 2. The molecule has 2 rings (SSSR count). The number of likely N-dealkylation sites (tertiary alicyclic amines) is 1. The van der Waals surface area contributed by atoms with Gasteiger partial charge in [-0.05, 0) is 60.2 Å². The molecule has 0 spiro atoms. The van der Waals surface area contributed by atoms with Crippen molar-refractivity contribution >= 4 is 6.09 Å². The van der Waals surface area contributed by atoms with E-state index in [9.17, 15) is 4.79 Å². The van der Waals surface area contributed by atoms with E-state index in [-0.39, 0.29) is 6.09 Å². The van der Waals surface area contributed by atoms with Crippen molar-refractivity contribution in [2.45, 2.75) is 58.1 Å². The Morgan fingerprint density at radius 3 is 2.05 bits per heavy atom. The minimum Gasteiger partial charge on any atom is -0.444 e. The molecule has 0 aliphatic carbocycles. The molecule has 0 saturated carbocycles. The van der Waals surface area contributed by atoms with Gasteiger partial charge in [0, 0.05) is 31.7 Å². The number of carbonyl (C=O) groups is 1. The van der Waals surface area contributed by atoms with Crippen LogP contribution in [-0.2, 0) is 4.74 Å². The number of amides is 1. The third-order valence-electron chi connectivity index (χ3n) is 5.18. The predicted octanol–water partition coefficient (Wildman–Crippen LogP) is 2.41. The SMILES string of the molecule is CCC1(N2CCN(C(=O)OC(C)(C)C)CC2)CCN(C)CC1. The van der Waals surface area contributed by atoms with Crippen LogP contribution < -0.4 is 0 Å². The minimum atomic E-state index is -0.410. The van der Waals surface area contributed by atoms with Gasteiger partial charge in [0.15, 0.2) is 0 Å². The first-order valence-corrected chi connectivity index (χ1v) is 8.67. The number of nitrogens with zero attached hydrogens (tertiary/aromatic N) is 3. The van der Waals surface area contributed by atoms with Crippen molar-refractivity contribution < 1.29 is 9.53 Å². The molecule has 2 aliphatic rings. The summed E-state index contributed by atoms with van der Waals surface area (Å²) in [5, 5.41) is 0. The van der Waals surface area contributed by atoms with Crippen molar-refractivity contribution in [3.05, 3.63) is 0 Å². The fourth-order valence-corrected chi connectivity index (χ4v) is 3.62. The van der Waals surface area contributed by atoms with Gasteiger partial charge in [-0.3, -0.25) is 4.90 Å². The van der Waals surface area contributed by atoms with Crippen molar-refractivity contribution in [2.24, 2.45) is 0 Å². The highest BCUT2D eigenvalue weighted by Crippen LogP contribution is 2.32. The highest BCUT2D eigenvalue weighted by molar-refractivity contribution is 5.68. The zero-order chi connectivity index (χ0) is 16.4. The second kappa shape index (κ2) is 6.75. The molecule has 0 radical (unpaired) electrons. The lowest BCUT2D eigenvalue weighted by Gasteiger charge is -2.51. The first kappa shape index (κ1) is 17.5. The summed E-state index contributed by atoms with van der Waals surface area (Å²) in [4.78, 5) is 19.1. The Balaban J connectivity index is 1.89. The second-order valence-corrected chi connectivity index (χ2v) is 7.84. The van der Waals surface area contributed by atoms with Crippen LogP contribution >= 0.6 is 0 Å². The summed E-state index contributed by atoms with van der Waals surface area (Å²) in [6, 6.07) is 0. The lowest BCUT2D eigenvalue weighted by molar-refractivity contribution is -0.0225. The van der Waals surface area contributed by atoms with Crippen molar-refractivity contribution in [2.75, 3.05) is 46.3 Å². The Hall–Kier alpha value is -0.810. The van der Waals surface area contributed by atoms with E-state index < -0.39 is 5.60 Å². The smallest absolute Gasteiger partial charge is 0.410 e. The van der Waals surface area contributed by atoms with Gasteiger partial charge in [-0.1, -0.05) is 6.92 Å². The van der Waals surface area contributed by atoms with Crippen LogP contribution in [0.1, 0.15) is 47.0 Å². The Labute approximate surface area is 135 Å². The maximum atomic E-state index is 12.2. The fraction of sp³-hybridized carbons (Fsp3) is 0.941. The molecule has 0 N–H and O–H groups in total. The molecule has 0 aromatic heterocycles. The maximum absolute atomic E-state index is 12.2. The number of piperidine rings is 1. The third-order valence-corrected chi connectivity index (χ3v) is 5.18. The van der Waals surface area contributed by atoms with Crippen LogP contribution in [0, 0.1) is 0 Å². The van der Waals surface area contributed by atoms with Crippen LogP contribution in [0.25, 0.3) is 0 Å². The molecule has 5 heteroatoms. The largest absolute Gasteiger partial charge is 0.444 e. The predicted molar refractivity (Wildman–Crippen MR) is 89.1 cm³/mol. The summed E-state index contributed by atoms with van der Waals surface area (Å²) in [6.45, 7) is 13.9. The Kier molecular flexibility index (Phi) is 5.38.